The molecule has 1 aromatic rings. The molecular weight excluding hydrogens is 300 g/mol. The molecule has 0 saturated carbocycles. The number of aryl methyl sites for hydroxylation is 1. The Morgan fingerprint density at radius 1 is 0.792 bits per heavy atom. The van der Waals surface area contributed by atoms with E-state index in [2.05, 4.69) is 19.1 Å². The highest BCUT2D eigenvalue weighted by molar-refractivity contribution is 5.96. The molecule has 1 N–H and O–H groups in total. The maximum absolute atomic E-state index is 12.0. The van der Waals surface area contributed by atoms with E-state index in [9.17, 15) is 9.59 Å². The van der Waals surface area contributed by atoms with E-state index in [-0.39, 0.29) is 12.2 Å². The highest BCUT2D eigenvalue weighted by atomic mass is 16.4. The number of carboxylic acid groups (broad SMARTS) is 1. The summed E-state index contributed by atoms with van der Waals surface area (Å²) in [5, 5.41) is 8.58. The molecule has 0 aliphatic rings. The zero-order valence-corrected chi connectivity index (χ0v) is 15.1. The van der Waals surface area contributed by atoms with Gasteiger partial charge in [0.25, 0.3) is 0 Å². The first-order valence-electron chi connectivity index (χ1n) is 9.47. The second-order valence-corrected chi connectivity index (χ2v) is 6.59. The van der Waals surface area contributed by atoms with Gasteiger partial charge in [-0.3, -0.25) is 9.59 Å². The van der Waals surface area contributed by atoms with Crippen LogP contribution in [0.5, 0.6) is 0 Å². The fraction of sp³-hybridized carbons (Fsp3) is 0.619. The summed E-state index contributed by atoms with van der Waals surface area (Å²) >= 11 is 0. The molecule has 0 heterocycles. The number of carbonyl (C=O) groups excluding carboxylic acids is 1. The minimum absolute atomic E-state index is 0.114. The first kappa shape index (κ1) is 20.4. The first-order valence-corrected chi connectivity index (χ1v) is 9.47. The fourth-order valence-corrected chi connectivity index (χ4v) is 2.85. The van der Waals surface area contributed by atoms with Crippen molar-refractivity contribution in [3.63, 3.8) is 0 Å². The first-order chi connectivity index (χ1) is 11.6. The Bertz CT molecular complexity index is 476. The van der Waals surface area contributed by atoms with Crippen molar-refractivity contribution in [2.45, 2.75) is 84.0 Å². The van der Waals surface area contributed by atoms with Crippen LogP contribution in [0.15, 0.2) is 24.3 Å². The molecule has 0 aromatic heterocycles. The number of ketones is 1. The monoisotopic (exact) mass is 332 g/mol. The normalized spacial score (nSPS) is 10.7. The number of carboxylic acids is 1. The van der Waals surface area contributed by atoms with Crippen LogP contribution in [-0.4, -0.2) is 16.9 Å². The van der Waals surface area contributed by atoms with Crippen LogP contribution in [-0.2, 0) is 11.2 Å². The zero-order valence-electron chi connectivity index (χ0n) is 15.1. The summed E-state index contributed by atoms with van der Waals surface area (Å²) in [6.45, 7) is 2.24. The van der Waals surface area contributed by atoms with Crippen molar-refractivity contribution in [1.82, 2.24) is 0 Å². The average Bonchev–Trinajstić information content (AvgIpc) is 2.58. The van der Waals surface area contributed by atoms with Crippen LogP contribution in [0, 0.1) is 0 Å². The van der Waals surface area contributed by atoms with Gasteiger partial charge < -0.3 is 5.11 Å². The maximum Gasteiger partial charge on any atom is 0.303 e. The summed E-state index contributed by atoms with van der Waals surface area (Å²) in [6, 6.07) is 7.94. The summed E-state index contributed by atoms with van der Waals surface area (Å²) in [4.78, 5) is 22.5. The summed E-state index contributed by atoms with van der Waals surface area (Å²) in [6.07, 6.45) is 12.1. The second kappa shape index (κ2) is 12.7. The number of carbonyl (C=O) groups is 2. The number of aliphatic carboxylic acids is 1. The van der Waals surface area contributed by atoms with Gasteiger partial charge in [-0.15, -0.1) is 0 Å². The average molecular weight is 332 g/mol. The van der Waals surface area contributed by atoms with Gasteiger partial charge in [-0.25, -0.2) is 0 Å². The van der Waals surface area contributed by atoms with Crippen molar-refractivity contribution >= 4 is 11.8 Å². The topological polar surface area (TPSA) is 54.4 Å². The standard InChI is InChI=1S/C21H32O3/c1-2-3-4-5-6-7-8-11-18-14-16-19(17-15-18)20(22)12-9-10-13-21(23)24/h14-17H,2-13H2,1H3,(H,23,24). The Kier molecular flexibility index (Phi) is 10.8. The number of rotatable bonds is 14. The Labute approximate surface area is 146 Å². The lowest BCUT2D eigenvalue weighted by Crippen LogP contribution is -2.01. The number of benzene rings is 1. The maximum atomic E-state index is 12.0. The molecule has 0 atom stereocenters. The number of hydrogen-bond acceptors (Lipinski definition) is 2. The van der Waals surface area contributed by atoms with Crippen LogP contribution >= 0.6 is 0 Å². The van der Waals surface area contributed by atoms with E-state index in [1.54, 1.807) is 0 Å². The summed E-state index contributed by atoms with van der Waals surface area (Å²) < 4.78 is 0. The SMILES string of the molecule is CCCCCCCCCc1ccc(C(=O)CCCCC(=O)O)cc1. The van der Waals surface area contributed by atoms with Gasteiger partial charge in [0.05, 0.1) is 0 Å². The molecule has 1 rings (SSSR count). The molecule has 3 nitrogen and oxygen atoms in total. The predicted octanol–water partition coefficient (Wildman–Crippen LogP) is 5.81. The van der Waals surface area contributed by atoms with Crippen molar-refractivity contribution in [1.29, 1.82) is 0 Å². The van der Waals surface area contributed by atoms with Crippen LogP contribution in [0.25, 0.3) is 0 Å². The Balaban J connectivity index is 2.20. The Hall–Kier alpha value is -1.64. The lowest BCUT2D eigenvalue weighted by molar-refractivity contribution is -0.137. The van der Waals surface area contributed by atoms with Crippen LogP contribution in [0.2, 0.25) is 0 Å². The van der Waals surface area contributed by atoms with Crippen molar-refractivity contribution in [3.05, 3.63) is 35.4 Å². The summed E-state index contributed by atoms with van der Waals surface area (Å²) in [5.74, 6) is -0.681. The van der Waals surface area contributed by atoms with E-state index in [0.29, 0.717) is 19.3 Å². The molecule has 0 unspecified atom stereocenters. The smallest absolute Gasteiger partial charge is 0.303 e. The van der Waals surface area contributed by atoms with E-state index in [0.717, 1.165) is 12.0 Å². The lowest BCUT2D eigenvalue weighted by atomic mass is 10.0. The third-order valence-electron chi connectivity index (χ3n) is 4.39. The number of hydrogen-bond donors (Lipinski definition) is 1. The van der Waals surface area contributed by atoms with Crippen molar-refractivity contribution < 1.29 is 14.7 Å². The molecular formula is C21H32O3. The quantitative estimate of drug-likeness (QED) is 0.345. The lowest BCUT2D eigenvalue weighted by Gasteiger charge is -2.05. The fourth-order valence-electron chi connectivity index (χ4n) is 2.85. The molecule has 0 saturated heterocycles. The second-order valence-electron chi connectivity index (χ2n) is 6.59. The van der Waals surface area contributed by atoms with Gasteiger partial charge in [-0.05, 0) is 31.2 Å². The molecule has 0 aliphatic heterocycles. The Morgan fingerprint density at radius 3 is 2.00 bits per heavy atom. The van der Waals surface area contributed by atoms with Gasteiger partial charge in [0.2, 0.25) is 0 Å². The summed E-state index contributed by atoms with van der Waals surface area (Å²) in [7, 11) is 0. The van der Waals surface area contributed by atoms with Crippen molar-refractivity contribution in [2.75, 3.05) is 0 Å². The predicted molar refractivity (Wildman–Crippen MR) is 98.6 cm³/mol. The van der Waals surface area contributed by atoms with Crippen LogP contribution < -0.4 is 0 Å². The molecule has 24 heavy (non-hydrogen) atoms. The summed E-state index contributed by atoms with van der Waals surface area (Å²) in [5.41, 5.74) is 2.04. The molecule has 134 valence electrons. The van der Waals surface area contributed by atoms with Crippen LogP contribution in [0.1, 0.15) is 93.5 Å². The van der Waals surface area contributed by atoms with E-state index < -0.39 is 5.97 Å². The Morgan fingerprint density at radius 2 is 1.38 bits per heavy atom. The van der Waals surface area contributed by atoms with Gasteiger partial charge in [-0.1, -0.05) is 69.7 Å². The van der Waals surface area contributed by atoms with Gasteiger partial charge >= 0.3 is 5.97 Å². The van der Waals surface area contributed by atoms with Gasteiger partial charge in [0, 0.05) is 18.4 Å². The molecule has 0 fully saturated rings. The third-order valence-corrected chi connectivity index (χ3v) is 4.39. The third kappa shape index (κ3) is 9.49. The largest absolute Gasteiger partial charge is 0.481 e. The van der Waals surface area contributed by atoms with Crippen molar-refractivity contribution in [2.24, 2.45) is 0 Å². The molecule has 0 amide bonds. The van der Waals surface area contributed by atoms with E-state index >= 15 is 0 Å². The van der Waals surface area contributed by atoms with Gasteiger partial charge in [0.1, 0.15) is 0 Å². The van der Waals surface area contributed by atoms with E-state index in [1.807, 2.05) is 12.1 Å². The van der Waals surface area contributed by atoms with Crippen LogP contribution in [0.4, 0.5) is 0 Å². The number of Topliss-reactive ketones (excluding diaryl/α,β-unsaturated/α-hetero) is 1. The van der Waals surface area contributed by atoms with Gasteiger partial charge in [0.15, 0.2) is 5.78 Å². The minimum atomic E-state index is -0.794. The van der Waals surface area contributed by atoms with E-state index in [4.69, 9.17) is 5.11 Å². The highest BCUT2D eigenvalue weighted by Crippen LogP contribution is 2.13. The highest BCUT2D eigenvalue weighted by Gasteiger charge is 2.06. The molecule has 0 aliphatic carbocycles. The zero-order chi connectivity index (χ0) is 17.6. The molecule has 1 aromatic carbocycles. The molecule has 0 bridgehead atoms. The minimum Gasteiger partial charge on any atom is -0.481 e. The van der Waals surface area contributed by atoms with Crippen molar-refractivity contribution in [3.8, 4) is 0 Å². The van der Waals surface area contributed by atoms with Crippen LogP contribution in [0.3, 0.4) is 0 Å². The number of unbranched alkanes of at least 4 members (excludes halogenated alkanes) is 7. The molecule has 3 heteroatoms. The van der Waals surface area contributed by atoms with E-state index in [1.165, 1.54) is 50.5 Å². The van der Waals surface area contributed by atoms with Gasteiger partial charge in [-0.2, -0.15) is 0 Å². The molecule has 0 radical (unpaired) electrons. The molecule has 0 spiro atoms.